The molecule has 108 valence electrons. The molecule has 1 saturated heterocycles. The number of hydrogen-bond donors (Lipinski definition) is 2. The Bertz CT molecular complexity index is 629. The molecule has 2 unspecified atom stereocenters. The number of rotatable bonds is 2. The van der Waals surface area contributed by atoms with Crippen molar-refractivity contribution >= 4 is 0 Å². The summed E-state index contributed by atoms with van der Waals surface area (Å²) in [5.41, 5.74) is 6.07. The fourth-order valence-electron chi connectivity index (χ4n) is 3.90. The molecule has 1 fully saturated rings. The first-order valence-electron chi connectivity index (χ1n) is 8.04. The molecule has 0 saturated carbocycles. The van der Waals surface area contributed by atoms with Gasteiger partial charge >= 0.3 is 0 Å². The predicted octanol–water partition coefficient (Wildman–Crippen LogP) is 3.00. The van der Waals surface area contributed by atoms with Gasteiger partial charge in [-0.05, 0) is 35.1 Å². The van der Waals surface area contributed by atoms with E-state index in [0.29, 0.717) is 12.0 Å². The van der Waals surface area contributed by atoms with Crippen LogP contribution >= 0.6 is 0 Å². The Hall–Kier alpha value is -1.64. The molecule has 0 radical (unpaired) electrons. The summed E-state index contributed by atoms with van der Waals surface area (Å²) in [6, 6.07) is 18.4. The van der Waals surface area contributed by atoms with E-state index in [4.69, 9.17) is 0 Å². The molecule has 4 rings (SSSR count). The zero-order chi connectivity index (χ0) is 14.1. The van der Waals surface area contributed by atoms with E-state index in [-0.39, 0.29) is 0 Å². The third kappa shape index (κ3) is 2.39. The van der Waals surface area contributed by atoms with Gasteiger partial charge in [0.1, 0.15) is 0 Å². The van der Waals surface area contributed by atoms with E-state index in [0.717, 1.165) is 19.6 Å². The zero-order valence-corrected chi connectivity index (χ0v) is 12.3. The SMILES string of the molecule is c1ccc2c(c1)CCC2c1ccccc1C1CNCCN1. The Kier molecular flexibility index (Phi) is 3.50. The molecule has 0 aromatic heterocycles. The van der Waals surface area contributed by atoms with Gasteiger partial charge in [-0.1, -0.05) is 48.5 Å². The minimum atomic E-state index is 0.447. The number of piperazine rings is 1. The van der Waals surface area contributed by atoms with E-state index in [2.05, 4.69) is 59.2 Å². The van der Waals surface area contributed by atoms with Crippen molar-refractivity contribution in [1.29, 1.82) is 0 Å². The van der Waals surface area contributed by atoms with Crippen molar-refractivity contribution in [3.05, 3.63) is 70.8 Å². The van der Waals surface area contributed by atoms with Gasteiger partial charge in [-0.2, -0.15) is 0 Å². The second-order valence-corrected chi connectivity index (χ2v) is 6.13. The third-order valence-corrected chi connectivity index (χ3v) is 4.92. The number of benzene rings is 2. The Morgan fingerprint density at radius 2 is 1.57 bits per heavy atom. The van der Waals surface area contributed by atoms with Gasteiger partial charge in [0.25, 0.3) is 0 Å². The summed E-state index contributed by atoms with van der Waals surface area (Å²) >= 11 is 0. The maximum absolute atomic E-state index is 3.66. The van der Waals surface area contributed by atoms with Gasteiger partial charge in [0.2, 0.25) is 0 Å². The van der Waals surface area contributed by atoms with Gasteiger partial charge in [-0.15, -0.1) is 0 Å². The molecule has 2 aliphatic rings. The normalized spacial score (nSPS) is 24.8. The summed E-state index contributed by atoms with van der Waals surface area (Å²) < 4.78 is 0. The van der Waals surface area contributed by atoms with Crippen molar-refractivity contribution in [3.8, 4) is 0 Å². The second-order valence-electron chi connectivity index (χ2n) is 6.13. The average molecular weight is 278 g/mol. The molecule has 0 amide bonds. The Morgan fingerprint density at radius 1 is 0.810 bits per heavy atom. The monoisotopic (exact) mass is 278 g/mol. The van der Waals surface area contributed by atoms with Crippen LogP contribution in [0.2, 0.25) is 0 Å². The molecule has 2 aromatic rings. The van der Waals surface area contributed by atoms with Crippen molar-refractivity contribution in [2.24, 2.45) is 0 Å². The van der Waals surface area contributed by atoms with Gasteiger partial charge in [0.15, 0.2) is 0 Å². The largest absolute Gasteiger partial charge is 0.314 e. The van der Waals surface area contributed by atoms with Crippen LogP contribution in [0.25, 0.3) is 0 Å². The molecular formula is C19H22N2. The molecule has 2 heteroatoms. The smallest absolute Gasteiger partial charge is 0.0450 e. The Labute approximate surface area is 126 Å². The average Bonchev–Trinajstić information content (AvgIpc) is 3.00. The molecular weight excluding hydrogens is 256 g/mol. The fraction of sp³-hybridized carbons (Fsp3) is 0.368. The highest BCUT2D eigenvalue weighted by Gasteiger charge is 2.27. The molecule has 21 heavy (non-hydrogen) atoms. The number of nitrogens with one attached hydrogen (secondary N) is 2. The van der Waals surface area contributed by atoms with E-state index in [1.165, 1.54) is 35.1 Å². The van der Waals surface area contributed by atoms with Crippen LogP contribution in [0.1, 0.15) is 40.6 Å². The van der Waals surface area contributed by atoms with Gasteiger partial charge in [-0.3, -0.25) is 0 Å². The Balaban J connectivity index is 1.73. The molecule has 1 heterocycles. The van der Waals surface area contributed by atoms with E-state index >= 15 is 0 Å². The molecule has 2 atom stereocenters. The standard InChI is InChI=1S/C19H22N2/c1-2-6-15-14(5-1)9-10-17(15)16-7-3-4-8-18(16)19-13-20-11-12-21-19/h1-8,17,19-21H,9-13H2. The summed E-state index contributed by atoms with van der Waals surface area (Å²) in [6.07, 6.45) is 2.46. The van der Waals surface area contributed by atoms with E-state index in [9.17, 15) is 0 Å². The lowest BCUT2D eigenvalue weighted by molar-refractivity contribution is 0.427. The van der Waals surface area contributed by atoms with Crippen molar-refractivity contribution < 1.29 is 0 Å². The van der Waals surface area contributed by atoms with E-state index in [1.807, 2.05) is 0 Å². The minimum Gasteiger partial charge on any atom is -0.314 e. The Morgan fingerprint density at radius 3 is 2.38 bits per heavy atom. The lowest BCUT2D eigenvalue weighted by Gasteiger charge is -2.28. The van der Waals surface area contributed by atoms with Crippen molar-refractivity contribution in [2.75, 3.05) is 19.6 Å². The van der Waals surface area contributed by atoms with Gasteiger partial charge in [-0.25, -0.2) is 0 Å². The first-order chi connectivity index (χ1) is 10.4. The zero-order valence-electron chi connectivity index (χ0n) is 12.3. The summed E-state index contributed by atoms with van der Waals surface area (Å²) in [6.45, 7) is 3.16. The second kappa shape index (κ2) is 5.63. The quantitative estimate of drug-likeness (QED) is 0.882. The highest BCUT2D eigenvalue weighted by Crippen LogP contribution is 2.40. The number of fused-ring (bicyclic) bond motifs is 1. The van der Waals surface area contributed by atoms with Crippen molar-refractivity contribution in [2.45, 2.75) is 24.8 Å². The maximum Gasteiger partial charge on any atom is 0.0450 e. The molecule has 1 aliphatic heterocycles. The van der Waals surface area contributed by atoms with Crippen LogP contribution in [0.5, 0.6) is 0 Å². The minimum absolute atomic E-state index is 0.447. The molecule has 2 N–H and O–H groups in total. The lowest BCUT2D eigenvalue weighted by atomic mass is 9.86. The van der Waals surface area contributed by atoms with Crippen molar-refractivity contribution in [3.63, 3.8) is 0 Å². The first kappa shape index (κ1) is 13.1. The maximum atomic E-state index is 3.66. The summed E-state index contributed by atoms with van der Waals surface area (Å²) in [5.74, 6) is 0.570. The van der Waals surface area contributed by atoms with Gasteiger partial charge in [0, 0.05) is 31.6 Å². The number of aryl methyl sites for hydroxylation is 1. The van der Waals surface area contributed by atoms with Crippen LogP contribution in [0.3, 0.4) is 0 Å². The first-order valence-corrected chi connectivity index (χ1v) is 8.04. The van der Waals surface area contributed by atoms with Crippen LogP contribution in [0.4, 0.5) is 0 Å². The topological polar surface area (TPSA) is 24.1 Å². The van der Waals surface area contributed by atoms with Crippen molar-refractivity contribution in [1.82, 2.24) is 10.6 Å². The van der Waals surface area contributed by atoms with E-state index in [1.54, 1.807) is 0 Å². The third-order valence-electron chi connectivity index (χ3n) is 4.92. The lowest BCUT2D eigenvalue weighted by Crippen LogP contribution is -2.43. The molecule has 2 aromatic carbocycles. The van der Waals surface area contributed by atoms with Gasteiger partial charge in [0.05, 0.1) is 0 Å². The predicted molar refractivity (Wildman–Crippen MR) is 86.7 cm³/mol. The van der Waals surface area contributed by atoms with Crippen LogP contribution in [0.15, 0.2) is 48.5 Å². The highest BCUT2D eigenvalue weighted by atomic mass is 15.1. The van der Waals surface area contributed by atoms with Gasteiger partial charge < -0.3 is 10.6 Å². The highest BCUT2D eigenvalue weighted by molar-refractivity contribution is 5.45. The van der Waals surface area contributed by atoms with Crippen LogP contribution < -0.4 is 10.6 Å². The molecule has 0 bridgehead atoms. The van der Waals surface area contributed by atoms with Crippen LogP contribution in [-0.2, 0) is 6.42 Å². The summed E-state index contributed by atoms with van der Waals surface area (Å²) in [4.78, 5) is 0. The summed E-state index contributed by atoms with van der Waals surface area (Å²) in [5, 5.41) is 7.17. The van der Waals surface area contributed by atoms with Crippen LogP contribution in [0, 0.1) is 0 Å². The summed E-state index contributed by atoms with van der Waals surface area (Å²) in [7, 11) is 0. The fourth-order valence-corrected chi connectivity index (χ4v) is 3.90. The molecule has 1 aliphatic carbocycles. The number of hydrogen-bond acceptors (Lipinski definition) is 2. The van der Waals surface area contributed by atoms with Crippen LogP contribution in [-0.4, -0.2) is 19.6 Å². The molecule has 0 spiro atoms. The molecule has 2 nitrogen and oxygen atoms in total. The van der Waals surface area contributed by atoms with E-state index < -0.39 is 0 Å².